The number of likely N-dealkylation sites (tertiary alicyclic amines) is 2. The van der Waals surface area contributed by atoms with E-state index < -0.39 is 0 Å². The zero-order valence-electron chi connectivity index (χ0n) is 14.3. The molecular weight excluding hydrogens is 300 g/mol. The topological polar surface area (TPSA) is 40.6 Å². The molecular formula is C20H26N2O2. The third-order valence-electron chi connectivity index (χ3n) is 5.03. The van der Waals surface area contributed by atoms with Crippen LogP contribution in [0.1, 0.15) is 54.4 Å². The van der Waals surface area contributed by atoms with Crippen molar-refractivity contribution in [1.29, 1.82) is 0 Å². The molecule has 3 rings (SSSR count). The molecule has 1 aromatic carbocycles. The Morgan fingerprint density at radius 3 is 1.71 bits per heavy atom. The zero-order chi connectivity index (χ0) is 16.9. The Hall–Kier alpha value is -2.10. The maximum absolute atomic E-state index is 12.5. The van der Waals surface area contributed by atoms with Crippen molar-refractivity contribution >= 4 is 17.4 Å². The summed E-state index contributed by atoms with van der Waals surface area (Å²) in [5.74, 6) is 0.110. The van der Waals surface area contributed by atoms with E-state index in [1.165, 1.54) is 12.8 Å². The smallest absolute Gasteiger partial charge is 0.253 e. The highest BCUT2D eigenvalue weighted by atomic mass is 16.2. The van der Waals surface area contributed by atoms with Gasteiger partial charge >= 0.3 is 0 Å². The van der Waals surface area contributed by atoms with E-state index >= 15 is 0 Å². The van der Waals surface area contributed by atoms with Crippen LogP contribution in [0, 0.1) is 0 Å². The Morgan fingerprint density at radius 2 is 1.17 bits per heavy atom. The van der Waals surface area contributed by atoms with Gasteiger partial charge in [0.1, 0.15) is 0 Å². The van der Waals surface area contributed by atoms with E-state index in [0.29, 0.717) is 11.1 Å². The molecule has 0 unspecified atom stereocenters. The lowest BCUT2D eigenvalue weighted by Crippen LogP contribution is -2.36. The highest BCUT2D eigenvalue weighted by molar-refractivity contribution is 6.18. The molecule has 0 radical (unpaired) electrons. The first kappa shape index (κ1) is 16.7. The van der Waals surface area contributed by atoms with Crippen molar-refractivity contribution in [2.75, 3.05) is 26.2 Å². The molecule has 128 valence electrons. The van der Waals surface area contributed by atoms with Crippen molar-refractivity contribution in [2.24, 2.45) is 0 Å². The van der Waals surface area contributed by atoms with Gasteiger partial charge in [0.15, 0.2) is 0 Å². The number of benzene rings is 1. The van der Waals surface area contributed by atoms with Gasteiger partial charge in [-0.3, -0.25) is 9.59 Å². The molecule has 2 aliphatic rings. The van der Waals surface area contributed by atoms with Gasteiger partial charge in [0.25, 0.3) is 11.8 Å². The SMILES string of the molecule is C=C(C(=O)N1CCCCC1)c1ccc(C(=O)N2CCCCC2)cc1. The maximum atomic E-state index is 12.5. The Bertz CT molecular complexity index is 609. The molecule has 0 spiro atoms. The minimum absolute atomic E-state index is 0.0183. The monoisotopic (exact) mass is 326 g/mol. The van der Waals surface area contributed by atoms with Gasteiger partial charge in [0, 0.05) is 37.3 Å². The minimum Gasteiger partial charge on any atom is -0.339 e. The average molecular weight is 326 g/mol. The summed E-state index contributed by atoms with van der Waals surface area (Å²) in [5.41, 5.74) is 2.02. The fourth-order valence-electron chi connectivity index (χ4n) is 3.50. The third kappa shape index (κ3) is 3.69. The quantitative estimate of drug-likeness (QED) is 0.799. The van der Waals surface area contributed by atoms with Gasteiger partial charge in [-0.1, -0.05) is 18.7 Å². The van der Waals surface area contributed by atoms with Crippen molar-refractivity contribution in [3.05, 3.63) is 42.0 Å². The van der Waals surface area contributed by atoms with Gasteiger partial charge in [-0.15, -0.1) is 0 Å². The predicted octanol–water partition coefficient (Wildman–Crippen LogP) is 3.34. The summed E-state index contributed by atoms with van der Waals surface area (Å²) < 4.78 is 0. The third-order valence-corrected chi connectivity index (χ3v) is 5.03. The second-order valence-corrected chi connectivity index (χ2v) is 6.76. The molecule has 2 amide bonds. The largest absolute Gasteiger partial charge is 0.339 e. The summed E-state index contributed by atoms with van der Waals surface area (Å²) in [7, 11) is 0. The molecule has 2 heterocycles. The number of hydrogen-bond acceptors (Lipinski definition) is 2. The van der Waals surface area contributed by atoms with E-state index in [9.17, 15) is 9.59 Å². The maximum Gasteiger partial charge on any atom is 0.253 e. The Morgan fingerprint density at radius 1 is 0.708 bits per heavy atom. The summed E-state index contributed by atoms with van der Waals surface area (Å²) in [6, 6.07) is 7.34. The number of piperidine rings is 2. The molecule has 2 aliphatic heterocycles. The number of amides is 2. The van der Waals surface area contributed by atoms with Gasteiger partial charge in [-0.05, 0) is 56.2 Å². The fourth-order valence-corrected chi connectivity index (χ4v) is 3.50. The molecule has 2 fully saturated rings. The van der Waals surface area contributed by atoms with Crippen LogP contribution in [0.2, 0.25) is 0 Å². The lowest BCUT2D eigenvalue weighted by Gasteiger charge is -2.28. The van der Waals surface area contributed by atoms with E-state index in [4.69, 9.17) is 0 Å². The van der Waals surface area contributed by atoms with Crippen LogP contribution >= 0.6 is 0 Å². The number of nitrogens with zero attached hydrogens (tertiary/aromatic N) is 2. The second-order valence-electron chi connectivity index (χ2n) is 6.76. The highest BCUT2D eigenvalue weighted by Gasteiger charge is 2.21. The van der Waals surface area contributed by atoms with Crippen LogP contribution in [0.25, 0.3) is 5.57 Å². The molecule has 24 heavy (non-hydrogen) atoms. The summed E-state index contributed by atoms with van der Waals surface area (Å²) in [5, 5.41) is 0. The van der Waals surface area contributed by atoms with Gasteiger partial charge in [-0.25, -0.2) is 0 Å². The van der Waals surface area contributed by atoms with Crippen molar-refractivity contribution in [3.8, 4) is 0 Å². The van der Waals surface area contributed by atoms with Crippen LogP contribution in [-0.2, 0) is 4.79 Å². The fraction of sp³-hybridized carbons (Fsp3) is 0.500. The molecule has 0 atom stereocenters. The first-order valence-corrected chi connectivity index (χ1v) is 9.05. The van der Waals surface area contributed by atoms with Gasteiger partial charge in [0.2, 0.25) is 0 Å². The lowest BCUT2D eigenvalue weighted by atomic mass is 10.0. The normalized spacial score (nSPS) is 18.3. The minimum atomic E-state index is 0.0183. The number of carbonyl (C=O) groups excluding carboxylic acids is 2. The van der Waals surface area contributed by atoms with Gasteiger partial charge in [-0.2, -0.15) is 0 Å². The second kappa shape index (κ2) is 7.65. The van der Waals surface area contributed by atoms with Gasteiger partial charge < -0.3 is 9.80 Å². The van der Waals surface area contributed by atoms with E-state index in [1.54, 1.807) is 0 Å². The molecule has 0 saturated carbocycles. The molecule has 0 bridgehead atoms. The lowest BCUT2D eigenvalue weighted by molar-refractivity contribution is -0.125. The number of carbonyl (C=O) groups is 2. The van der Waals surface area contributed by atoms with Crippen LogP contribution in [0.4, 0.5) is 0 Å². The summed E-state index contributed by atoms with van der Waals surface area (Å²) in [6.45, 7) is 7.32. The Balaban J connectivity index is 1.66. The summed E-state index contributed by atoms with van der Waals surface area (Å²) in [6.07, 6.45) is 6.73. The standard InChI is InChI=1S/C20H26N2O2/c1-16(19(23)21-12-4-2-5-13-21)17-8-10-18(11-9-17)20(24)22-14-6-3-7-15-22/h8-11H,1-7,12-15H2. The predicted molar refractivity (Wildman–Crippen MR) is 95.7 cm³/mol. The van der Waals surface area contributed by atoms with E-state index in [0.717, 1.165) is 57.4 Å². The van der Waals surface area contributed by atoms with Crippen LogP contribution in [0.3, 0.4) is 0 Å². The van der Waals surface area contributed by atoms with Crippen LogP contribution in [-0.4, -0.2) is 47.8 Å². The van der Waals surface area contributed by atoms with Crippen LogP contribution < -0.4 is 0 Å². The Kier molecular flexibility index (Phi) is 5.34. The van der Waals surface area contributed by atoms with Crippen molar-refractivity contribution in [2.45, 2.75) is 38.5 Å². The molecule has 4 heteroatoms. The molecule has 1 aromatic rings. The number of hydrogen-bond donors (Lipinski definition) is 0. The average Bonchev–Trinajstić information content (AvgIpc) is 2.68. The molecule has 0 N–H and O–H groups in total. The van der Waals surface area contributed by atoms with Crippen molar-refractivity contribution in [1.82, 2.24) is 9.80 Å². The summed E-state index contributed by atoms with van der Waals surface area (Å²) in [4.78, 5) is 28.8. The first-order valence-electron chi connectivity index (χ1n) is 9.05. The van der Waals surface area contributed by atoms with Crippen LogP contribution in [0.15, 0.2) is 30.8 Å². The molecule has 2 saturated heterocycles. The Labute approximate surface area is 144 Å². The van der Waals surface area contributed by atoms with E-state index in [1.807, 2.05) is 34.1 Å². The molecule has 4 nitrogen and oxygen atoms in total. The first-order chi connectivity index (χ1) is 11.7. The van der Waals surface area contributed by atoms with E-state index in [2.05, 4.69) is 6.58 Å². The summed E-state index contributed by atoms with van der Waals surface area (Å²) >= 11 is 0. The zero-order valence-corrected chi connectivity index (χ0v) is 14.3. The molecule has 0 aliphatic carbocycles. The number of rotatable bonds is 3. The van der Waals surface area contributed by atoms with Crippen LogP contribution in [0.5, 0.6) is 0 Å². The van der Waals surface area contributed by atoms with Crippen molar-refractivity contribution < 1.29 is 9.59 Å². The highest BCUT2D eigenvalue weighted by Crippen LogP contribution is 2.20. The van der Waals surface area contributed by atoms with E-state index in [-0.39, 0.29) is 11.8 Å². The van der Waals surface area contributed by atoms with Gasteiger partial charge in [0.05, 0.1) is 0 Å². The van der Waals surface area contributed by atoms with Crippen molar-refractivity contribution in [3.63, 3.8) is 0 Å². The molecule has 0 aromatic heterocycles.